The van der Waals surface area contributed by atoms with E-state index in [2.05, 4.69) is 0 Å². The number of quaternary nitrogens is 1. The summed E-state index contributed by atoms with van der Waals surface area (Å²) in [5.41, 5.74) is 0.545. The Balaban J connectivity index is 1.75. The zero-order valence-corrected chi connectivity index (χ0v) is 19.1. The summed E-state index contributed by atoms with van der Waals surface area (Å²) in [4.78, 5) is 28.8. The van der Waals surface area contributed by atoms with Gasteiger partial charge >= 0.3 is 0 Å². The Morgan fingerprint density at radius 3 is 2.41 bits per heavy atom. The molecule has 8 nitrogen and oxygen atoms in total. The maximum absolute atomic E-state index is 13.6. The SMILES string of the molecule is COc1ccc(/C([O-])=C2\C(=O)C(=O)N(CC[NH+]3CCOCC3)C2c2ccc(F)cc2)cc1OC. The molecule has 0 saturated carbocycles. The number of rotatable bonds is 7. The van der Waals surface area contributed by atoms with Crippen LogP contribution >= 0.6 is 0 Å². The van der Waals surface area contributed by atoms with Gasteiger partial charge in [0.2, 0.25) is 5.78 Å². The van der Waals surface area contributed by atoms with Crippen LogP contribution in [0.1, 0.15) is 17.2 Å². The van der Waals surface area contributed by atoms with Crippen molar-refractivity contribution in [3.8, 4) is 11.5 Å². The molecule has 2 fully saturated rings. The Hall–Kier alpha value is -3.43. The molecule has 2 aromatic carbocycles. The molecule has 180 valence electrons. The molecule has 1 atom stereocenters. The number of nitrogens with one attached hydrogen (secondary N) is 1. The van der Waals surface area contributed by atoms with Gasteiger partial charge in [-0.2, -0.15) is 0 Å². The molecule has 0 spiro atoms. The Morgan fingerprint density at radius 2 is 1.76 bits per heavy atom. The monoisotopic (exact) mass is 470 g/mol. The highest BCUT2D eigenvalue weighted by molar-refractivity contribution is 6.46. The van der Waals surface area contributed by atoms with E-state index in [1.54, 1.807) is 6.07 Å². The standard InChI is InChI=1S/C25H27FN2O6/c1-32-19-8-5-17(15-20(19)33-2)23(29)21-22(16-3-6-18(26)7-4-16)28(25(31)24(21)30)10-9-27-11-13-34-14-12-27/h3-8,15,22,29H,9-14H2,1-2H3/b23-21+. The third kappa shape index (κ3) is 4.62. The van der Waals surface area contributed by atoms with Gasteiger partial charge in [0.05, 0.1) is 46.6 Å². The number of morpholine rings is 1. The van der Waals surface area contributed by atoms with Gasteiger partial charge in [0.15, 0.2) is 11.5 Å². The van der Waals surface area contributed by atoms with Crippen LogP contribution in [0.2, 0.25) is 0 Å². The topological polar surface area (TPSA) is 92.6 Å². The second-order valence-electron chi connectivity index (χ2n) is 8.21. The summed E-state index contributed by atoms with van der Waals surface area (Å²) >= 11 is 0. The minimum atomic E-state index is -0.901. The highest BCUT2D eigenvalue weighted by atomic mass is 19.1. The summed E-state index contributed by atoms with van der Waals surface area (Å²) in [6.07, 6.45) is 0. The molecular formula is C25H27FN2O6. The third-order valence-electron chi connectivity index (χ3n) is 6.27. The molecule has 0 aliphatic carbocycles. The molecule has 1 unspecified atom stereocenters. The summed E-state index contributed by atoms with van der Waals surface area (Å²) in [6, 6.07) is 9.19. The average molecular weight is 470 g/mol. The van der Waals surface area contributed by atoms with Gasteiger partial charge in [0, 0.05) is 5.57 Å². The third-order valence-corrected chi connectivity index (χ3v) is 6.27. The van der Waals surface area contributed by atoms with E-state index < -0.39 is 29.3 Å². The Morgan fingerprint density at radius 1 is 1.09 bits per heavy atom. The number of likely N-dealkylation sites (tertiary alicyclic amines) is 1. The molecule has 2 saturated heterocycles. The maximum atomic E-state index is 13.6. The molecule has 4 rings (SSSR count). The fraction of sp³-hybridized carbons (Fsp3) is 0.360. The highest BCUT2D eigenvalue weighted by Crippen LogP contribution is 2.39. The van der Waals surface area contributed by atoms with Crippen molar-refractivity contribution >= 4 is 17.4 Å². The molecule has 2 heterocycles. The second kappa shape index (κ2) is 10.2. The quantitative estimate of drug-likeness (QED) is 0.348. The lowest BCUT2D eigenvalue weighted by atomic mass is 9.95. The number of ether oxygens (including phenoxy) is 3. The predicted molar refractivity (Wildman–Crippen MR) is 119 cm³/mol. The van der Waals surface area contributed by atoms with Crippen LogP contribution in [0.15, 0.2) is 48.0 Å². The van der Waals surface area contributed by atoms with Gasteiger partial charge in [0.25, 0.3) is 5.91 Å². The second-order valence-corrected chi connectivity index (χ2v) is 8.21. The first-order valence-electron chi connectivity index (χ1n) is 11.1. The molecule has 34 heavy (non-hydrogen) atoms. The number of ketones is 1. The summed E-state index contributed by atoms with van der Waals surface area (Å²) in [6.45, 7) is 3.77. The van der Waals surface area contributed by atoms with Gasteiger partial charge in [-0.25, -0.2) is 4.39 Å². The Kier molecular flexibility index (Phi) is 7.14. The fourth-order valence-electron chi connectivity index (χ4n) is 4.41. The number of benzene rings is 2. The van der Waals surface area contributed by atoms with E-state index in [0.717, 1.165) is 13.1 Å². The van der Waals surface area contributed by atoms with Crippen molar-refractivity contribution in [2.45, 2.75) is 6.04 Å². The summed E-state index contributed by atoms with van der Waals surface area (Å²) < 4.78 is 29.5. The largest absolute Gasteiger partial charge is 0.872 e. The molecule has 1 N–H and O–H groups in total. The van der Waals surface area contributed by atoms with Gasteiger partial charge in [0.1, 0.15) is 18.9 Å². The van der Waals surface area contributed by atoms with Crippen LogP contribution in [0, 0.1) is 5.82 Å². The number of hydrogen-bond acceptors (Lipinski definition) is 6. The van der Waals surface area contributed by atoms with Crippen molar-refractivity contribution in [2.24, 2.45) is 0 Å². The van der Waals surface area contributed by atoms with Crippen LogP contribution in [0.3, 0.4) is 0 Å². The van der Waals surface area contributed by atoms with Crippen molar-refractivity contribution < 1.29 is 38.2 Å². The number of nitrogens with zero attached hydrogens (tertiary/aromatic N) is 1. The van der Waals surface area contributed by atoms with Gasteiger partial charge in [-0.3, -0.25) is 9.59 Å². The number of methoxy groups -OCH3 is 2. The van der Waals surface area contributed by atoms with Crippen molar-refractivity contribution in [1.29, 1.82) is 0 Å². The number of carbonyl (C=O) groups excluding carboxylic acids is 2. The smallest absolute Gasteiger partial charge is 0.295 e. The van der Waals surface area contributed by atoms with Crippen LogP contribution in [0.25, 0.3) is 5.76 Å². The molecule has 2 aliphatic heterocycles. The van der Waals surface area contributed by atoms with Crippen LogP contribution in [0.5, 0.6) is 11.5 Å². The minimum absolute atomic E-state index is 0.152. The number of Topliss-reactive ketones (excluding diaryl/α,β-unsaturated/α-hetero) is 1. The van der Waals surface area contributed by atoms with E-state index in [0.29, 0.717) is 36.8 Å². The lowest BCUT2D eigenvalue weighted by Gasteiger charge is -2.30. The maximum Gasteiger partial charge on any atom is 0.295 e. The van der Waals surface area contributed by atoms with Gasteiger partial charge < -0.3 is 29.1 Å². The number of carbonyl (C=O) groups is 2. The summed E-state index contributed by atoms with van der Waals surface area (Å²) in [7, 11) is 2.92. The molecular weight excluding hydrogens is 443 g/mol. The Bertz CT molecular complexity index is 1100. The number of amides is 1. The molecule has 2 aliphatic rings. The van der Waals surface area contributed by atoms with Crippen LogP contribution in [0.4, 0.5) is 4.39 Å². The van der Waals surface area contributed by atoms with E-state index in [1.807, 2.05) is 0 Å². The molecule has 0 bridgehead atoms. The van der Waals surface area contributed by atoms with Gasteiger partial charge in [-0.05, 0) is 35.4 Å². The average Bonchev–Trinajstić information content (AvgIpc) is 3.12. The first-order valence-corrected chi connectivity index (χ1v) is 11.1. The molecule has 1 amide bonds. The van der Waals surface area contributed by atoms with E-state index >= 15 is 0 Å². The lowest BCUT2D eigenvalue weighted by Crippen LogP contribution is -3.14. The van der Waals surface area contributed by atoms with E-state index in [4.69, 9.17) is 14.2 Å². The minimum Gasteiger partial charge on any atom is -0.872 e. The highest BCUT2D eigenvalue weighted by Gasteiger charge is 2.44. The normalized spacial score (nSPS) is 20.6. The van der Waals surface area contributed by atoms with E-state index in [1.165, 1.54) is 60.4 Å². The molecule has 0 aromatic heterocycles. The predicted octanol–water partition coefficient (Wildman–Crippen LogP) is -0.0180. The number of hydrogen-bond donors (Lipinski definition) is 1. The fourth-order valence-corrected chi connectivity index (χ4v) is 4.41. The van der Waals surface area contributed by atoms with Crippen LogP contribution < -0.4 is 19.5 Å². The molecule has 9 heteroatoms. The van der Waals surface area contributed by atoms with E-state index in [-0.39, 0.29) is 17.7 Å². The van der Waals surface area contributed by atoms with Gasteiger partial charge in [-0.1, -0.05) is 24.0 Å². The zero-order chi connectivity index (χ0) is 24.2. The van der Waals surface area contributed by atoms with Crippen molar-refractivity contribution in [1.82, 2.24) is 4.90 Å². The molecule has 2 aromatic rings. The van der Waals surface area contributed by atoms with Crippen molar-refractivity contribution in [2.75, 3.05) is 53.6 Å². The van der Waals surface area contributed by atoms with Crippen LogP contribution in [-0.2, 0) is 14.3 Å². The lowest BCUT2D eigenvalue weighted by molar-refractivity contribution is -0.907. The summed E-state index contributed by atoms with van der Waals surface area (Å²) in [5, 5.41) is 13.5. The zero-order valence-electron chi connectivity index (χ0n) is 19.1. The van der Waals surface area contributed by atoms with Gasteiger partial charge in [-0.15, -0.1) is 0 Å². The van der Waals surface area contributed by atoms with Crippen molar-refractivity contribution in [3.05, 3.63) is 65.0 Å². The number of halogens is 1. The Labute approximate surface area is 197 Å². The van der Waals surface area contributed by atoms with Crippen molar-refractivity contribution in [3.63, 3.8) is 0 Å². The first kappa shape index (κ1) is 23.7. The first-order chi connectivity index (χ1) is 16.4. The van der Waals surface area contributed by atoms with E-state index in [9.17, 15) is 19.1 Å². The summed E-state index contributed by atoms with van der Waals surface area (Å²) in [5.74, 6) is -1.83. The molecule has 0 radical (unpaired) electrons. The van der Waals surface area contributed by atoms with Crippen LogP contribution in [-0.4, -0.2) is 70.2 Å².